The van der Waals surface area contributed by atoms with Crippen molar-refractivity contribution in [2.75, 3.05) is 36.4 Å². The maximum absolute atomic E-state index is 12.7. The van der Waals surface area contributed by atoms with E-state index < -0.39 is 0 Å². The number of nitrogens with one attached hydrogen (secondary N) is 1. The number of carbonyl (C=O) groups excluding carboxylic acids is 1. The van der Waals surface area contributed by atoms with Crippen molar-refractivity contribution >= 4 is 17.7 Å². The third-order valence-corrected chi connectivity index (χ3v) is 5.49. The van der Waals surface area contributed by atoms with Crippen molar-refractivity contribution in [1.29, 1.82) is 0 Å². The summed E-state index contributed by atoms with van der Waals surface area (Å²) in [5.74, 6) is 1.40. The number of nitrogens with zero attached hydrogens (tertiary/aromatic N) is 6. The predicted molar refractivity (Wildman–Crippen MR) is 107 cm³/mol. The minimum atomic E-state index is -0.0675. The molecule has 8 nitrogen and oxygen atoms in total. The summed E-state index contributed by atoms with van der Waals surface area (Å²) in [6, 6.07) is 5.92. The minimum absolute atomic E-state index is 0.0675. The molecule has 8 heteroatoms. The summed E-state index contributed by atoms with van der Waals surface area (Å²) in [5, 5.41) is 11.9. The summed E-state index contributed by atoms with van der Waals surface area (Å²) >= 11 is 0. The van der Waals surface area contributed by atoms with Gasteiger partial charge in [0.2, 0.25) is 5.95 Å². The van der Waals surface area contributed by atoms with Crippen molar-refractivity contribution in [3.63, 3.8) is 0 Å². The third kappa shape index (κ3) is 4.55. The largest absolute Gasteiger partial charge is 0.366 e. The van der Waals surface area contributed by atoms with E-state index in [1.54, 1.807) is 24.5 Å². The first-order valence-electron chi connectivity index (χ1n) is 10.2. The first-order valence-corrected chi connectivity index (χ1v) is 10.2. The normalized spacial score (nSPS) is 18.6. The van der Waals surface area contributed by atoms with E-state index in [-0.39, 0.29) is 5.91 Å². The summed E-state index contributed by atoms with van der Waals surface area (Å²) in [4.78, 5) is 25.2. The molecule has 0 spiro atoms. The SMILES string of the molecule is O=C(c1ccc(NC2CCCCCC2)nn1)N1CCN(c2ncccn2)CC1. The van der Waals surface area contributed by atoms with Crippen molar-refractivity contribution in [3.05, 3.63) is 36.3 Å². The Balaban J connectivity index is 1.31. The Bertz CT molecular complexity index is 752. The van der Waals surface area contributed by atoms with Gasteiger partial charge in [0.1, 0.15) is 5.82 Å². The summed E-state index contributed by atoms with van der Waals surface area (Å²) in [6.07, 6.45) is 11.0. The fourth-order valence-corrected chi connectivity index (χ4v) is 3.88. The molecular weight excluding hydrogens is 354 g/mol. The lowest BCUT2D eigenvalue weighted by atomic mass is 10.1. The van der Waals surface area contributed by atoms with Crippen LogP contribution in [0.4, 0.5) is 11.8 Å². The molecule has 0 atom stereocenters. The van der Waals surface area contributed by atoms with Crippen molar-refractivity contribution in [2.24, 2.45) is 0 Å². The Hall–Kier alpha value is -2.77. The van der Waals surface area contributed by atoms with Gasteiger partial charge in [-0.05, 0) is 31.0 Å². The topological polar surface area (TPSA) is 87.1 Å². The van der Waals surface area contributed by atoms with E-state index in [0.29, 0.717) is 43.9 Å². The van der Waals surface area contributed by atoms with Crippen LogP contribution in [0.15, 0.2) is 30.6 Å². The fourth-order valence-electron chi connectivity index (χ4n) is 3.88. The monoisotopic (exact) mass is 381 g/mol. The van der Waals surface area contributed by atoms with Crippen LogP contribution in [0.1, 0.15) is 49.0 Å². The van der Waals surface area contributed by atoms with Gasteiger partial charge < -0.3 is 15.1 Å². The highest BCUT2D eigenvalue weighted by atomic mass is 16.2. The van der Waals surface area contributed by atoms with Crippen LogP contribution >= 0.6 is 0 Å². The number of hydrogen-bond donors (Lipinski definition) is 1. The zero-order valence-corrected chi connectivity index (χ0v) is 16.1. The lowest BCUT2D eigenvalue weighted by molar-refractivity contribution is 0.0739. The Kier molecular flexibility index (Phi) is 5.94. The number of aromatic nitrogens is 4. The second-order valence-corrected chi connectivity index (χ2v) is 7.46. The molecule has 2 aromatic rings. The van der Waals surface area contributed by atoms with Gasteiger partial charge in [0.05, 0.1) is 0 Å². The Morgan fingerprint density at radius 2 is 1.64 bits per heavy atom. The van der Waals surface area contributed by atoms with Crippen LogP contribution < -0.4 is 10.2 Å². The molecule has 1 amide bonds. The van der Waals surface area contributed by atoms with Gasteiger partial charge in [-0.3, -0.25) is 4.79 Å². The molecule has 0 aromatic carbocycles. The molecule has 2 aromatic heterocycles. The van der Waals surface area contributed by atoms with Crippen molar-refractivity contribution < 1.29 is 4.79 Å². The molecule has 2 fully saturated rings. The van der Waals surface area contributed by atoms with Crippen LogP contribution in [0.2, 0.25) is 0 Å². The molecule has 4 rings (SSSR count). The van der Waals surface area contributed by atoms with Gasteiger partial charge in [-0.15, -0.1) is 10.2 Å². The summed E-state index contributed by atoms with van der Waals surface area (Å²) < 4.78 is 0. The molecule has 1 saturated heterocycles. The average Bonchev–Trinajstić information content (AvgIpc) is 3.03. The van der Waals surface area contributed by atoms with Crippen molar-refractivity contribution in [3.8, 4) is 0 Å². The van der Waals surface area contributed by atoms with Gasteiger partial charge in [0, 0.05) is 44.6 Å². The predicted octanol–water partition coefficient (Wildman–Crippen LogP) is 2.36. The van der Waals surface area contributed by atoms with Gasteiger partial charge in [-0.25, -0.2) is 9.97 Å². The zero-order chi connectivity index (χ0) is 19.2. The number of carbonyl (C=O) groups is 1. The van der Waals surface area contributed by atoms with Gasteiger partial charge in [-0.1, -0.05) is 25.7 Å². The van der Waals surface area contributed by atoms with Crippen LogP contribution in [0, 0.1) is 0 Å². The molecule has 148 valence electrons. The second kappa shape index (κ2) is 8.95. The highest BCUT2D eigenvalue weighted by Gasteiger charge is 2.24. The van der Waals surface area contributed by atoms with Crippen LogP contribution in [0.5, 0.6) is 0 Å². The molecule has 1 aliphatic carbocycles. The Labute approximate surface area is 165 Å². The zero-order valence-electron chi connectivity index (χ0n) is 16.1. The quantitative estimate of drug-likeness (QED) is 0.814. The Morgan fingerprint density at radius 1 is 0.929 bits per heavy atom. The summed E-state index contributed by atoms with van der Waals surface area (Å²) in [7, 11) is 0. The highest BCUT2D eigenvalue weighted by molar-refractivity contribution is 5.92. The van der Waals surface area contributed by atoms with Crippen LogP contribution in [-0.2, 0) is 0 Å². The standard InChI is InChI=1S/C20H27N7O/c28-19(26-12-14-27(15-13-26)20-21-10-5-11-22-20)17-8-9-18(25-24-17)23-16-6-3-1-2-4-7-16/h5,8-11,16H,1-4,6-7,12-15H2,(H,23,25). The fraction of sp³-hybridized carbons (Fsp3) is 0.550. The first-order chi connectivity index (χ1) is 13.8. The minimum Gasteiger partial charge on any atom is -0.366 e. The molecule has 0 unspecified atom stereocenters. The van der Waals surface area contributed by atoms with Gasteiger partial charge in [0.15, 0.2) is 5.69 Å². The average molecular weight is 381 g/mol. The van der Waals surface area contributed by atoms with Crippen LogP contribution in [-0.4, -0.2) is 63.2 Å². The number of piperazine rings is 1. The van der Waals surface area contributed by atoms with E-state index in [4.69, 9.17) is 0 Å². The van der Waals surface area contributed by atoms with E-state index in [1.807, 2.05) is 11.0 Å². The summed E-state index contributed by atoms with van der Waals surface area (Å²) in [5.41, 5.74) is 0.399. The van der Waals surface area contributed by atoms with Crippen molar-refractivity contribution in [2.45, 2.75) is 44.6 Å². The molecule has 1 aliphatic heterocycles. The van der Waals surface area contributed by atoms with Gasteiger partial charge >= 0.3 is 0 Å². The lowest BCUT2D eigenvalue weighted by Gasteiger charge is -2.34. The molecular formula is C20H27N7O. The lowest BCUT2D eigenvalue weighted by Crippen LogP contribution is -2.49. The maximum Gasteiger partial charge on any atom is 0.274 e. The van der Waals surface area contributed by atoms with Crippen LogP contribution in [0.3, 0.4) is 0 Å². The van der Waals surface area contributed by atoms with Crippen molar-refractivity contribution in [1.82, 2.24) is 25.1 Å². The molecule has 2 aliphatic rings. The number of anilines is 2. The smallest absolute Gasteiger partial charge is 0.274 e. The van der Waals surface area contributed by atoms with Crippen LogP contribution in [0.25, 0.3) is 0 Å². The molecule has 1 saturated carbocycles. The molecule has 1 N–H and O–H groups in total. The number of amides is 1. The molecule has 3 heterocycles. The molecule has 28 heavy (non-hydrogen) atoms. The van der Waals surface area contributed by atoms with Gasteiger partial charge in [-0.2, -0.15) is 0 Å². The van der Waals surface area contributed by atoms with E-state index in [0.717, 1.165) is 5.82 Å². The molecule has 0 radical (unpaired) electrons. The highest BCUT2D eigenvalue weighted by Crippen LogP contribution is 2.20. The number of hydrogen-bond acceptors (Lipinski definition) is 7. The second-order valence-electron chi connectivity index (χ2n) is 7.46. The summed E-state index contributed by atoms with van der Waals surface area (Å²) in [6.45, 7) is 2.68. The third-order valence-electron chi connectivity index (χ3n) is 5.49. The van der Waals surface area contributed by atoms with E-state index in [9.17, 15) is 4.79 Å². The van der Waals surface area contributed by atoms with E-state index >= 15 is 0 Å². The van der Waals surface area contributed by atoms with E-state index in [1.165, 1.54) is 38.5 Å². The first kappa shape index (κ1) is 18.6. The Morgan fingerprint density at radius 3 is 2.29 bits per heavy atom. The van der Waals surface area contributed by atoms with Gasteiger partial charge in [0.25, 0.3) is 5.91 Å². The number of rotatable bonds is 4. The molecule has 0 bridgehead atoms. The van der Waals surface area contributed by atoms with E-state index in [2.05, 4.69) is 30.4 Å². The maximum atomic E-state index is 12.7.